The summed E-state index contributed by atoms with van der Waals surface area (Å²) < 4.78 is 16.7. The average molecular weight is 364 g/mol. The highest BCUT2D eigenvalue weighted by molar-refractivity contribution is 7.46. The maximum absolute atomic E-state index is 11.1. The Balaban J connectivity index is 2.11. The number of unbranched alkanes of at least 4 members (excludes halogenated alkanes) is 4. The molecule has 0 amide bonds. The van der Waals surface area contributed by atoms with E-state index in [0.29, 0.717) is 11.0 Å². The third-order valence-electron chi connectivity index (χ3n) is 4.90. The van der Waals surface area contributed by atoms with Crippen molar-refractivity contribution >= 4 is 7.82 Å². The van der Waals surface area contributed by atoms with Gasteiger partial charge in [-0.2, -0.15) is 0 Å². The van der Waals surface area contributed by atoms with Gasteiger partial charge in [-0.05, 0) is 12.3 Å². The second-order valence-corrected chi connectivity index (χ2v) is 9.73. The van der Waals surface area contributed by atoms with Crippen molar-refractivity contribution in [1.29, 1.82) is 0 Å². The van der Waals surface area contributed by atoms with Crippen molar-refractivity contribution in [3.63, 3.8) is 0 Å². The molecular weight excluding hydrogens is 325 g/mol. The van der Waals surface area contributed by atoms with E-state index in [1.807, 2.05) is 21.1 Å². The molecule has 24 heavy (non-hydrogen) atoms. The zero-order valence-electron chi connectivity index (χ0n) is 16.0. The van der Waals surface area contributed by atoms with Gasteiger partial charge in [0.05, 0.1) is 21.1 Å². The minimum absolute atomic E-state index is 0.368. The largest absolute Gasteiger partial charge is 0.470 e. The second kappa shape index (κ2) is 10.9. The highest BCUT2D eigenvalue weighted by atomic mass is 31.2. The molecule has 0 aliphatic heterocycles. The van der Waals surface area contributed by atoms with Crippen LogP contribution < -0.4 is 0 Å². The Bertz CT molecular complexity index is 372. The zero-order chi connectivity index (χ0) is 18.1. The molecule has 1 aliphatic carbocycles. The van der Waals surface area contributed by atoms with Crippen LogP contribution in [0, 0.1) is 5.92 Å². The summed E-state index contributed by atoms with van der Waals surface area (Å²) in [5.74, 6) is 0.976. The van der Waals surface area contributed by atoms with Crippen molar-refractivity contribution in [2.45, 2.75) is 83.2 Å². The normalized spacial score (nSPS) is 18.7. The van der Waals surface area contributed by atoms with Crippen LogP contribution in [0.15, 0.2) is 0 Å². The van der Waals surface area contributed by atoms with Gasteiger partial charge in [0.15, 0.2) is 0 Å². The van der Waals surface area contributed by atoms with Gasteiger partial charge in [0.25, 0.3) is 0 Å². The summed E-state index contributed by atoms with van der Waals surface area (Å²) >= 11 is 0. The summed E-state index contributed by atoms with van der Waals surface area (Å²) in [4.78, 5) is 18.1. The van der Waals surface area contributed by atoms with E-state index in [0.717, 1.165) is 25.2 Å². The van der Waals surface area contributed by atoms with Gasteiger partial charge in [0.1, 0.15) is 12.6 Å². The Labute approximate surface area is 148 Å². The van der Waals surface area contributed by atoms with Crippen LogP contribution in [0.5, 0.6) is 0 Å². The Kier molecular flexibility index (Phi) is 10.1. The summed E-state index contributed by atoms with van der Waals surface area (Å²) in [6, 6.07) is 0. The first kappa shape index (κ1) is 22.1. The summed E-state index contributed by atoms with van der Waals surface area (Å²) in [6.07, 6.45) is 14.9. The van der Waals surface area contributed by atoms with Gasteiger partial charge in [-0.3, -0.25) is 4.52 Å². The lowest BCUT2D eigenvalue weighted by atomic mass is 9.85. The molecule has 0 radical (unpaired) electrons. The van der Waals surface area contributed by atoms with Crippen molar-refractivity contribution < 1.29 is 23.4 Å². The molecule has 1 aliphatic rings. The Morgan fingerprint density at radius 2 is 1.58 bits per heavy atom. The van der Waals surface area contributed by atoms with Crippen LogP contribution in [0.3, 0.4) is 0 Å². The molecular formula is C18H39NO4P+. The lowest BCUT2D eigenvalue weighted by Gasteiger charge is -2.29. The molecule has 0 spiro atoms. The zero-order valence-corrected chi connectivity index (χ0v) is 16.8. The Hall–Kier alpha value is 0.0700. The van der Waals surface area contributed by atoms with Crippen LogP contribution in [-0.4, -0.2) is 48.1 Å². The van der Waals surface area contributed by atoms with E-state index in [1.165, 1.54) is 57.8 Å². The lowest BCUT2D eigenvalue weighted by Crippen LogP contribution is -2.42. The smallest absolute Gasteiger partial charge is 0.329 e. The number of phosphoric ester groups is 1. The molecule has 0 saturated heterocycles. The van der Waals surface area contributed by atoms with E-state index in [2.05, 4.69) is 0 Å². The van der Waals surface area contributed by atoms with E-state index >= 15 is 0 Å². The van der Waals surface area contributed by atoms with Crippen molar-refractivity contribution in [3.8, 4) is 0 Å². The molecule has 5 nitrogen and oxygen atoms in total. The van der Waals surface area contributed by atoms with Gasteiger partial charge in [0.2, 0.25) is 0 Å². The monoisotopic (exact) mass is 364 g/mol. The molecule has 0 aromatic rings. The number of hydrogen-bond donors (Lipinski definition) is 2. The minimum atomic E-state index is -4.40. The van der Waals surface area contributed by atoms with E-state index in [1.54, 1.807) is 0 Å². The van der Waals surface area contributed by atoms with E-state index in [-0.39, 0.29) is 6.10 Å². The molecule has 0 aromatic heterocycles. The van der Waals surface area contributed by atoms with Crippen LogP contribution in [0.1, 0.15) is 77.0 Å². The van der Waals surface area contributed by atoms with Gasteiger partial charge in [0, 0.05) is 0 Å². The maximum atomic E-state index is 11.1. The molecule has 1 atom stereocenters. The highest BCUT2D eigenvalue weighted by Gasteiger charge is 2.26. The van der Waals surface area contributed by atoms with Crippen LogP contribution in [0.4, 0.5) is 0 Å². The number of rotatable bonds is 12. The number of hydrogen-bond acceptors (Lipinski definition) is 2. The Morgan fingerprint density at radius 3 is 2.17 bits per heavy atom. The predicted octanol–water partition coefficient (Wildman–Crippen LogP) is 4.48. The quantitative estimate of drug-likeness (QED) is 0.304. The summed E-state index contributed by atoms with van der Waals surface area (Å²) in [5.41, 5.74) is 0. The van der Waals surface area contributed by atoms with Gasteiger partial charge < -0.3 is 14.3 Å². The first-order valence-corrected chi connectivity index (χ1v) is 11.2. The molecule has 2 N–H and O–H groups in total. The van der Waals surface area contributed by atoms with Crippen molar-refractivity contribution in [1.82, 2.24) is 0 Å². The summed E-state index contributed by atoms with van der Waals surface area (Å²) in [7, 11) is 1.65. The molecule has 0 heterocycles. The van der Waals surface area contributed by atoms with Gasteiger partial charge >= 0.3 is 7.82 Å². The molecule has 0 aromatic carbocycles. The minimum Gasteiger partial charge on any atom is -0.329 e. The van der Waals surface area contributed by atoms with Crippen LogP contribution in [0.2, 0.25) is 0 Å². The number of nitrogens with zero attached hydrogens (tertiary/aromatic N) is 1. The number of phosphoric acid groups is 1. The SMILES string of the molecule is C[N+](C)(C)CC(CCCCCCCC1CCCCC1)OP(=O)(O)O. The molecule has 1 fully saturated rings. The predicted molar refractivity (Wildman–Crippen MR) is 98.7 cm³/mol. The molecule has 6 heteroatoms. The third kappa shape index (κ3) is 12.4. The molecule has 1 saturated carbocycles. The van der Waals surface area contributed by atoms with Crippen molar-refractivity contribution in [2.75, 3.05) is 27.7 Å². The standard InChI is InChI=1S/C18H38NO4P/c1-19(2,3)16-18(23-24(20,21)22)15-11-6-4-5-8-12-17-13-9-7-10-14-17/h17-18H,4-16H2,1-3H3,(H-,20,21,22)/p+1. The summed E-state index contributed by atoms with van der Waals surface area (Å²) in [6.45, 7) is 0.618. The fraction of sp³-hybridized carbons (Fsp3) is 1.00. The second-order valence-electron chi connectivity index (χ2n) is 8.54. The highest BCUT2D eigenvalue weighted by Crippen LogP contribution is 2.39. The first-order chi connectivity index (χ1) is 11.2. The Morgan fingerprint density at radius 1 is 1.00 bits per heavy atom. The van der Waals surface area contributed by atoms with Gasteiger partial charge in [-0.15, -0.1) is 0 Å². The number of quaternary nitrogens is 1. The van der Waals surface area contributed by atoms with E-state index in [4.69, 9.17) is 14.3 Å². The molecule has 144 valence electrons. The maximum Gasteiger partial charge on any atom is 0.470 e. The average Bonchev–Trinajstić information content (AvgIpc) is 2.44. The van der Waals surface area contributed by atoms with Gasteiger partial charge in [-0.1, -0.05) is 70.6 Å². The van der Waals surface area contributed by atoms with E-state index < -0.39 is 7.82 Å². The third-order valence-corrected chi connectivity index (χ3v) is 5.47. The molecule has 1 rings (SSSR count). The first-order valence-electron chi connectivity index (χ1n) is 9.70. The van der Waals surface area contributed by atoms with Crippen molar-refractivity contribution in [3.05, 3.63) is 0 Å². The van der Waals surface area contributed by atoms with Crippen molar-refractivity contribution in [2.24, 2.45) is 5.92 Å². The topological polar surface area (TPSA) is 66.8 Å². The van der Waals surface area contributed by atoms with E-state index in [9.17, 15) is 4.57 Å². The molecule has 1 unspecified atom stereocenters. The van der Waals surface area contributed by atoms with Crippen LogP contribution in [0.25, 0.3) is 0 Å². The molecule has 0 bridgehead atoms. The van der Waals surface area contributed by atoms with Crippen LogP contribution >= 0.6 is 7.82 Å². The number of likely N-dealkylation sites (N-methyl/N-ethyl adjacent to an activating group) is 1. The lowest BCUT2D eigenvalue weighted by molar-refractivity contribution is -0.873. The van der Waals surface area contributed by atoms with Crippen LogP contribution in [-0.2, 0) is 9.09 Å². The van der Waals surface area contributed by atoms with Gasteiger partial charge in [-0.25, -0.2) is 4.57 Å². The fourth-order valence-corrected chi connectivity index (χ4v) is 4.35. The summed E-state index contributed by atoms with van der Waals surface area (Å²) in [5, 5.41) is 0. The fourth-order valence-electron chi connectivity index (χ4n) is 3.79.